The Bertz CT molecular complexity index is 767. The number of amides is 2. The number of hydrogen-bond donors (Lipinski definition) is 1. The van der Waals surface area contributed by atoms with Crippen LogP contribution in [-0.4, -0.2) is 33.0 Å². The van der Waals surface area contributed by atoms with Gasteiger partial charge >= 0.3 is 0 Å². The molecule has 2 aromatic rings. The van der Waals surface area contributed by atoms with E-state index in [0.29, 0.717) is 32.0 Å². The molecule has 3 atom stereocenters. The lowest BCUT2D eigenvalue weighted by Crippen LogP contribution is -2.43. The van der Waals surface area contributed by atoms with E-state index in [-0.39, 0.29) is 23.8 Å². The number of hydrogen-bond acceptors (Lipinski definition) is 4. The molecule has 0 saturated heterocycles. The van der Waals surface area contributed by atoms with Crippen LogP contribution in [0.25, 0.3) is 0 Å². The van der Waals surface area contributed by atoms with Crippen molar-refractivity contribution in [3.8, 4) is 0 Å². The second kappa shape index (κ2) is 6.38. The first-order chi connectivity index (χ1) is 12.1. The first-order valence-electron chi connectivity index (χ1n) is 8.72. The van der Waals surface area contributed by atoms with Gasteiger partial charge in [0.2, 0.25) is 11.8 Å². The summed E-state index contributed by atoms with van der Waals surface area (Å²) in [7, 11) is 0. The molecular formula is C18H22N4O3. The summed E-state index contributed by atoms with van der Waals surface area (Å²) in [5, 5.41) is 7.22. The maximum atomic E-state index is 12.6. The van der Waals surface area contributed by atoms with Gasteiger partial charge in [-0.15, -0.1) is 0 Å². The van der Waals surface area contributed by atoms with Gasteiger partial charge in [0.1, 0.15) is 5.76 Å². The fraction of sp³-hybridized carbons (Fsp3) is 0.500. The van der Waals surface area contributed by atoms with E-state index >= 15 is 0 Å². The fourth-order valence-electron chi connectivity index (χ4n) is 3.49. The van der Waals surface area contributed by atoms with Crippen LogP contribution >= 0.6 is 0 Å². The van der Waals surface area contributed by atoms with Crippen LogP contribution < -0.4 is 5.32 Å². The summed E-state index contributed by atoms with van der Waals surface area (Å²) in [6.45, 7) is 3.58. The van der Waals surface area contributed by atoms with Crippen molar-refractivity contribution in [2.75, 3.05) is 6.54 Å². The summed E-state index contributed by atoms with van der Waals surface area (Å²) in [4.78, 5) is 26.8. The molecule has 25 heavy (non-hydrogen) atoms. The van der Waals surface area contributed by atoms with E-state index in [1.165, 1.54) is 0 Å². The first kappa shape index (κ1) is 15.9. The average Bonchev–Trinajstić information content (AvgIpc) is 3.02. The van der Waals surface area contributed by atoms with Crippen LogP contribution in [0.15, 0.2) is 35.1 Å². The number of fused-ring (bicyclic) bond motifs is 1. The molecule has 7 nitrogen and oxygen atoms in total. The van der Waals surface area contributed by atoms with Crippen LogP contribution in [0.2, 0.25) is 0 Å². The van der Waals surface area contributed by atoms with Crippen molar-refractivity contribution in [3.05, 3.63) is 42.1 Å². The molecule has 2 amide bonds. The standard InChI is InChI=1S/C18H22N4O3/c1-12-7-16(12)18(24)21-10-13-4-5-20-22(13)14(11-21)8-17(23)19-9-15-3-2-6-25-15/h2-6,12,14,16H,7-11H2,1H3,(H,19,23)/t12-,14+,16+/m1/s1. The van der Waals surface area contributed by atoms with Crippen molar-refractivity contribution >= 4 is 11.8 Å². The molecule has 0 spiro atoms. The number of carbonyl (C=O) groups excluding carboxylic acids is 2. The van der Waals surface area contributed by atoms with Gasteiger partial charge in [0.15, 0.2) is 0 Å². The van der Waals surface area contributed by atoms with Crippen molar-refractivity contribution in [3.63, 3.8) is 0 Å². The molecule has 2 aliphatic rings. The predicted octanol–water partition coefficient (Wildman–Crippen LogP) is 1.72. The Morgan fingerprint density at radius 2 is 2.24 bits per heavy atom. The third kappa shape index (κ3) is 3.31. The summed E-state index contributed by atoms with van der Waals surface area (Å²) in [5.74, 6) is 1.49. The minimum atomic E-state index is -0.131. The van der Waals surface area contributed by atoms with E-state index < -0.39 is 0 Å². The molecule has 1 fully saturated rings. The number of carbonyl (C=O) groups is 2. The zero-order chi connectivity index (χ0) is 17.4. The predicted molar refractivity (Wildman–Crippen MR) is 89.1 cm³/mol. The highest BCUT2D eigenvalue weighted by atomic mass is 16.3. The molecule has 3 heterocycles. The van der Waals surface area contributed by atoms with Gasteiger partial charge in [-0.2, -0.15) is 5.10 Å². The lowest BCUT2D eigenvalue weighted by atomic mass is 10.1. The van der Waals surface area contributed by atoms with Crippen LogP contribution in [0, 0.1) is 11.8 Å². The molecule has 0 radical (unpaired) electrons. The summed E-state index contributed by atoms with van der Waals surface area (Å²) in [5.41, 5.74) is 0.983. The van der Waals surface area contributed by atoms with Crippen LogP contribution in [0.4, 0.5) is 0 Å². The molecule has 1 saturated carbocycles. The topological polar surface area (TPSA) is 80.4 Å². The normalized spacial score (nSPS) is 24.7. The number of aromatic nitrogens is 2. The maximum Gasteiger partial charge on any atom is 0.226 e. The van der Waals surface area contributed by atoms with Crippen molar-refractivity contribution in [1.29, 1.82) is 0 Å². The quantitative estimate of drug-likeness (QED) is 0.897. The van der Waals surface area contributed by atoms with Gasteiger partial charge in [-0.1, -0.05) is 6.92 Å². The lowest BCUT2D eigenvalue weighted by Gasteiger charge is -2.34. The van der Waals surface area contributed by atoms with E-state index in [1.807, 2.05) is 21.7 Å². The minimum absolute atomic E-state index is 0.0723. The Kier molecular flexibility index (Phi) is 4.07. The summed E-state index contributed by atoms with van der Waals surface area (Å²) >= 11 is 0. The SMILES string of the molecule is C[C@@H]1C[C@@H]1C(=O)N1Cc2ccnn2[C@@H](CC(=O)NCc2ccco2)C1. The van der Waals surface area contributed by atoms with E-state index in [1.54, 1.807) is 18.5 Å². The highest BCUT2D eigenvalue weighted by Gasteiger charge is 2.43. The molecule has 132 valence electrons. The largest absolute Gasteiger partial charge is 0.467 e. The van der Waals surface area contributed by atoms with E-state index in [4.69, 9.17) is 4.42 Å². The van der Waals surface area contributed by atoms with Gasteiger partial charge in [0.05, 0.1) is 37.5 Å². The zero-order valence-corrected chi connectivity index (χ0v) is 14.2. The Balaban J connectivity index is 1.41. The number of nitrogens with one attached hydrogen (secondary N) is 1. The van der Waals surface area contributed by atoms with Gasteiger partial charge < -0.3 is 14.6 Å². The average molecular weight is 342 g/mol. The summed E-state index contributed by atoms with van der Waals surface area (Å²) < 4.78 is 7.11. The smallest absolute Gasteiger partial charge is 0.226 e. The van der Waals surface area contributed by atoms with Crippen molar-refractivity contribution < 1.29 is 14.0 Å². The molecule has 0 bridgehead atoms. The van der Waals surface area contributed by atoms with Crippen LogP contribution in [0.5, 0.6) is 0 Å². The summed E-state index contributed by atoms with van der Waals surface area (Å²) in [6.07, 6.45) is 4.58. The molecule has 2 aromatic heterocycles. The van der Waals surface area contributed by atoms with Gasteiger partial charge in [0.25, 0.3) is 0 Å². The monoisotopic (exact) mass is 342 g/mol. The molecule has 7 heteroatoms. The van der Waals surface area contributed by atoms with Crippen LogP contribution in [0.3, 0.4) is 0 Å². The van der Waals surface area contributed by atoms with Crippen molar-refractivity contribution in [1.82, 2.24) is 20.0 Å². The molecule has 4 rings (SSSR count). The molecule has 1 N–H and O–H groups in total. The van der Waals surface area contributed by atoms with E-state index in [9.17, 15) is 9.59 Å². The number of rotatable bonds is 5. The molecule has 1 aliphatic carbocycles. The van der Waals surface area contributed by atoms with Crippen molar-refractivity contribution in [2.24, 2.45) is 11.8 Å². The highest BCUT2D eigenvalue weighted by Crippen LogP contribution is 2.40. The Labute approximate surface area is 146 Å². The molecule has 0 aromatic carbocycles. The van der Waals surface area contributed by atoms with Gasteiger partial charge in [-0.05, 0) is 30.5 Å². The fourth-order valence-corrected chi connectivity index (χ4v) is 3.49. The van der Waals surface area contributed by atoms with Crippen LogP contribution in [-0.2, 0) is 22.7 Å². The van der Waals surface area contributed by atoms with Gasteiger partial charge in [-0.25, -0.2) is 0 Å². The van der Waals surface area contributed by atoms with Crippen LogP contribution in [0.1, 0.15) is 37.3 Å². The van der Waals surface area contributed by atoms with E-state index in [2.05, 4.69) is 17.3 Å². The Morgan fingerprint density at radius 3 is 2.96 bits per heavy atom. The number of furan rings is 1. The number of nitrogens with zero attached hydrogens (tertiary/aromatic N) is 3. The van der Waals surface area contributed by atoms with Crippen molar-refractivity contribution in [2.45, 2.75) is 38.9 Å². The van der Waals surface area contributed by atoms with Gasteiger partial charge in [0, 0.05) is 18.7 Å². The molecular weight excluding hydrogens is 320 g/mol. The summed E-state index contributed by atoms with van der Waals surface area (Å²) in [6, 6.07) is 5.40. The second-order valence-electron chi connectivity index (χ2n) is 7.02. The molecule has 0 unspecified atom stereocenters. The Hall–Kier alpha value is -2.57. The zero-order valence-electron chi connectivity index (χ0n) is 14.2. The minimum Gasteiger partial charge on any atom is -0.467 e. The second-order valence-corrected chi connectivity index (χ2v) is 7.02. The third-order valence-electron chi connectivity index (χ3n) is 5.08. The third-order valence-corrected chi connectivity index (χ3v) is 5.08. The lowest BCUT2D eigenvalue weighted by molar-refractivity contribution is -0.136. The highest BCUT2D eigenvalue weighted by molar-refractivity contribution is 5.82. The Morgan fingerprint density at radius 1 is 1.40 bits per heavy atom. The van der Waals surface area contributed by atoms with Gasteiger partial charge in [-0.3, -0.25) is 14.3 Å². The molecule has 1 aliphatic heterocycles. The van der Waals surface area contributed by atoms with E-state index in [0.717, 1.165) is 17.9 Å². The maximum absolute atomic E-state index is 12.6. The first-order valence-corrected chi connectivity index (χ1v) is 8.72.